The molecular formula is C26H42N2O8. The number of ether oxygens (including phenoxy) is 4. The van der Waals surface area contributed by atoms with Crippen molar-refractivity contribution in [3.63, 3.8) is 0 Å². The van der Waals surface area contributed by atoms with Gasteiger partial charge in [0.25, 0.3) is 0 Å². The number of hydrogen-bond acceptors (Lipinski definition) is 9. The molecule has 10 heteroatoms. The molecule has 0 bridgehead atoms. The average Bonchev–Trinajstić information content (AvgIpc) is 2.78. The van der Waals surface area contributed by atoms with E-state index in [1.54, 1.807) is 24.8 Å². The topological polar surface area (TPSA) is 127 Å². The van der Waals surface area contributed by atoms with E-state index in [0.717, 1.165) is 6.42 Å². The van der Waals surface area contributed by atoms with Crippen molar-refractivity contribution in [3.05, 3.63) is 12.7 Å². The number of nitrogens with one attached hydrogen (secondary N) is 1. The number of alkyl carbamates (subject to hydrolysis) is 1. The monoisotopic (exact) mass is 510 g/mol. The maximum Gasteiger partial charge on any atom is 0.407 e. The number of carbonyl (C=O) groups is 2. The standard InChI is InChI=1S/C26H42N2O8/c1-9-23(4)14-15(30)26-24(5)16(33-21(35-26)28(7)8)10-11-22(2,3)18(24)17(19(31)25(26,6)36-23)34-20(32)27-12-13-29/h9,16-19,21,29,31H,1,10-14H2,2-8H3,(H,27,32)/t16-,17-,18-,19-,21?,23-,24-,25+,26-/m0/s1. The zero-order valence-electron chi connectivity index (χ0n) is 22.5. The van der Waals surface area contributed by atoms with Gasteiger partial charge >= 0.3 is 6.09 Å². The Morgan fingerprint density at radius 2 is 1.94 bits per heavy atom. The summed E-state index contributed by atoms with van der Waals surface area (Å²) in [6.45, 7) is 13.1. The molecule has 0 aromatic carbocycles. The van der Waals surface area contributed by atoms with Crippen LogP contribution in [0.4, 0.5) is 4.79 Å². The van der Waals surface area contributed by atoms with Gasteiger partial charge in [0.1, 0.15) is 17.8 Å². The third kappa shape index (κ3) is 3.52. The van der Waals surface area contributed by atoms with E-state index in [4.69, 9.17) is 24.1 Å². The molecule has 2 saturated carbocycles. The molecule has 204 valence electrons. The van der Waals surface area contributed by atoms with E-state index in [-0.39, 0.29) is 25.4 Å². The number of aliphatic hydroxyl groups excluding tert-OH is 2. The Morgan fingerprint density at radius 1 is 1.28 bits per heavy atom. The van der Waals surface area contributed by atoms with Gasteiger partial charge in [0.05, 0.1) is 18.3 Å². The molecule has 9 atom stereocenters. The molecule has 1 amide bonds. The zero-order chi connectivity index (χ0) is 26.9. The van der Waals surface area contributed by atoms with Crippen LogP contribution in [0.5, 0.6) is 0 Å². The first-order chi connectivity index (χ1) is 16.6. The lowest BCUT2D eigenvalue weighted by atomic mass is 9.39. The largest absolute Gasteiger partial charge is 0.443 e. The first-order valence-electron chi connectivity index (χ1n) is 12.7. The van der Waals surface area contributed by atoms with E-state index < -0.39 is 64.4 Å². The molecule has 3 N–H and O–H groups in total. The second-order valence-electron chi connectivity index (χ2n) is 12.3. The number of hydrogen-bond donors (Lipinski definition) is 3. The maximum atomic E-state index is 14.4. The van der Waals surface area contributed by atoms with Gasteiger partial charge in [-0.15, -0.1) is 6.58 Å². The molecule has 1 spiro atoms. The highest BCUT2D eigenvalue weighted by atomic mass is 16.7. The maximum absolute atomic E-state index is 14.4. The van der Waals surface area contributed by atoms with Crippen molar-refractivity contribution in [1.82, 2.24) is 10.2 Å². The Morgan fingerprint density at radius 3 is 2.53 bits per heavy atom. The molecule has 2 saturated heterocycles. The van der Waals surface area contributed by atoms with Gasteiger partial charge in [0.2, 0.25) is 6.41 Å². The third-order valence-electron chi connectivity index (χ3n) is 9.25. The lowest BCUT2D eigenvalue weighted by Gasteiger charge is -2.74. The number of Topliss-reactive ketones (excluding diaryl/α,β-unsaturated/α-hetero) is 1. The number of ketones is 1. The van der Waals surface area contributed by atoms with Crippen LogP contribution < -0.4 is 5.32 Å². The van der Waals surface area contributed by atoms with E-state index >= 15 is 0 Å². The van der Waals surface area contributed by atoms with Crippen molar-refractivity contribution in [3.8, 4) is 0 Å². The summed E-state index contributed by atoms with van der Waals surface area (Å²) in [7, 11) is 3.62. The molecule has 2 aliphatic heterocycles. The van der Waals surface area contributed by atoms with Crippen LogP contribution in [0.25, 0.3) is 0 Å². The highest BCUT2D eigenvalue weighted by Crippen LogP contribution is 2.70. The van der Waals surface area contributed by atoms with Gasteiger partial charge in [-0.25, -0.2) is 4.79 Å². The van der Waals surface area contributed by atoms with Crippen LogP contribution >= 0.6 is 0 Å². The summed E-state index contributed by atoms with van der Waals surface area (Å²) >= 11 is 0. The van der Waals surface area contributed by atoms with Gasteiger partial charge in [0.15, 0.2) is 11.4 Å². The van der Waals surface area contributed by atoms with E-state index in [9.17, 15) is 14.7 Å². The summed E-state index contributed by atoms with van der Waals surface area (Å²) in [4.78, 5) is 28.9. The van der Waals surface area contributed by atoms with Crippen LogP contribution in [0.15, 0.2) is 12.7 Å². The first-order valence-corrected chi connectivity index (χ1v) is 12.7. The lowest BCUT2D eigenvalue weighted by molar-refractivity contribution is -0.456. The van der Waals surface area contributed by atoms with Crippen molar-refractivity contribution >= 4 is 11.9 Å². The normalized spacial score (nSPS) is 47.5. The van der Waals surface area contributed by atoms with Crippen molar-refractivity contribution in [2.24, 2.45) is 16.7 Å². The average molecular weight is 511 g/mol. The Labute approximate surface area is 213 Å². The molecule has 0 aromatic heterocycles. The Kier molecular flexibility index (Phi) is 6.67. The van der Waals surface area contributed by atoms with Crippen LogP contribution in [-0.2, 0) is 23.7 Å². The Bertz CT molecular complexity index is 926. The van der Waals surface area contributed by atoms with Crippen molar-refractivity contribution in [2.75, 3.05) is 27.2 Å². The predicted octanol–water partition coefficient (Wildman–Crippen LogP) is 1.58. The molecule has 36 heavy (non-hydrogen) atoms. The van der Waals surface area contributed by atoms with Gasteiger partial charge in [-0.1, -0.05) is 26.8 Å². The Hall–Kier alpha value is -1.56. The molecule has 4 rings (SSSR count). The van der Waals surface area contributed by atoms with Crippen LogP contribution in [0.3, 0.4) is 0 Å². The fraction of sp³-hybridized carbons (Fsp3) is 0.846. The summed E-state index contributed by atoms with van der Waals surface area (Å²) in [6, 6.07) is 0. The summed E-state index contributed by atoms with van der Waals surface area (Å²) in [6.07, 6.45) is -1.46. The van der Waals surface area contributed by atoms with Crippen LogP contribution in [-0.4, -0.2) is 95.8 Å². The predicted molar refractivity (Wildman–Crippen MR) is 130 cm³/mol. The van der Waals surface area contributed by atoms with Gasteiger partial charge in [-0.2, -0.15) is 0 Å². The number of nitrogens with zero attached hydrogens (tertiary/aromatic N) is 1. The van der Waals surface area contributed by atoms with Gasteiger partial charge in [-0.05, 0) is 46.2 Å². The molecule has 2 heterocycles. The molecule has 4 fully saturated rings. The summed E-state index contributed by atoms with van der Waals surface area (Å²) < 4.78 is 25.7. The number of amides is 1. The molecule has 4 aliphatic rings. The SMILES string of the molecule is C=C[C@@]1(C)CC(=O)[C@@]23OC(N(C)C)O[C@H]4CCC(C)(C)[C@H]([C@H](OC(=O)NCCO)[C@H](O)[C@@]2(C)O1)[C@]43C. The quantitative estimate of drug-likeness (QED) is 0.473. The summed E-state index contributed by atoms with van der Waals surface area (Å²) in [5.41, 5.74) is -5.68. The van der Waals surface area contributed by atoms with Gasteiger partial charge in [0, 0.05) is 24.3 Å². The highest BCUT2D eigenvalue weighted by molar-refractivity contribution is 5.93. The van der Waals surface area contributed by atoms with Crippen LogP contribution in [0.1, 0.15) is 53.9 Å². The van der Waals surface area contributed by atoms with Crippen LogP contribution in [0.2, 0.25) is 0 Å². The molecule has 0 aromatic rings. The van der Waals surface area contributed by atoms with Crippen LogP contribution in [0, 0.1) is 16.7 Å². The summed E-state index contributed by atoms with van der Waals surface area (Å²) in [5, 5.41) is 23.7. The van der Waals surface area contributed by atoms with Crippen molar-refractivity contribution in [2.45, 2.75) is 95.4 Å². The second-order valence-corrected chi connectivity index (χ2v) is 12.3. The fourth-order valence-corrected chi connectivity index (χ4v) is 7.75. The molecule has 1 unspecified atom stereocenters. The minimum absolute atomic E-state index is 0.0110. The molecule has 10 nitrogen and oxygen atoms in total. The summed E-state index contributed by atoms with van der Waals surface area (Å²) in [5.74, 6) is -0.693. The lowest BCUT2D eigenvalue weighted by Crippen LogP contribution is -2.89. The molecular weight excluding hydrogens is 468 g/mol. The fourth-order valence-electron chi connectivity index (χ4n) is 7.75. The van der Waals surface area contributed by atoms with Gasteiger partial charge < -0.3 is 34.5 Å². The number of aliphatic hydroxyl groups is 2. The number of rotatable bonds is 5. The number of carbonyl (C=O) groups excluding carboxylic acids is 2. The minimum atomic E-state index is -1.60. The zero-order valence-corrected chi connectivity index (χ0v) is 22.5. The van der Waals surface area contributed by atoms with Crippen molar-refractivity contribution in [1.29, 1.82) is 0 Å². The highest BCUT2D eigenvalue weighted by Gasteiger charge is 2.84. The van der Waals surface area contributed by atoms with E-state index in [1.807, 2.05) is 21.0 Å². The Balaban J connectivity index is 1.96. The third-order valence-corrected chi connectivity index (χ3v) is 9.25. The second kappa shape index (κ2) is 8.74. The van der Waals surface area contributed by atoms with E-state index in [0.29, 0.717) is 6.42 Å². The van der Waals surface area contributed by atoms with Gasteiger partial charge in [-0.3, -0.25) is 9.69 Å². The minimum Gasteiger partial charge on any atom is -0.443 e. The molecule has 0 radical (unpaired) electrons. The van der Waals surface area contributed by atoms with Crippen molar-refractivity contribution < 1.29 is 38.7 Å². The smallest absolute Gasteiger partial charge is 0.407 e. The first kappa shape index (κ1) is 27.5. The van der Waals surface area contributed by atoms with E-state index in [1.165, 1.54) is 0 Å². The molecule has 2 aliphatic carbocycles. The van der Waals surface area contributed by atoms with E-state index in [2.05, 4.69) is 25.7 Å².